The van der Waals surface area contributed by atoms with E-state index in [0.29, 0.717) is 17.4 Å². The lowest BCUT2D eigenvalue weighted by Crippen LogP contribution is -2.60. The predicted octanol–water partition coefficient (Wildman–Crippen LogP) is 2.30. The molecule has 2 aromatic rings. The average Bonchev–Trinajstić information content (AvgIpc) is 2.66. The average molecular weight is 339 g/mol. The molecule has 2 unspecified atom stereocenters. The summed E-state index contributed by atoms with van der Waals surface area (Å²) in [5.41, 5.74) is 7.30. The van der Waals surface area contributed by atoms with E-state index >= 15 is 0 Å². The Morgan fingerprint density at radius 1 is 1.28 bits per heavy atom. The number of aromatic nitrogens is 2. The minimum atomic E-state index is 0.108. The molecule has 0 spiro atoms. The third-order valence-corrected chi connectivity index (χ3v) is 5.69. The molecule has 2 N–H and O–H groups in total. The molecule has 2 atom stereocenters. The van der Waals surface area contributed by atoms with Crippen molar-refractivity contribution in [3.63, 3.8) is 0 Å². The molecule has 3 heterocycles. The number of hydrogen-bond donors (Lipinski definition) is 1. The molecule has 132 valence electrons. The monoisotopic (exact) mass is 339 g/mol. The van der Waals surface area contributed by atoms with Gasteiger partial charge in [0.05, 0.1) is 5.52 Å². The highest BCUT2D eigenvalue weighted by atomic mass is 16.2. The van der Waals surface area contributed by atoms with Gasteiger partial charge < -0.3 is 10.6 Å². The molecule has 2 aliphatic rings. The van der Waals surface area contributed by atoms with Crippen LogP contribution in [0.2, 0.25) is 0 Å². The molecule has 1 amide bonds. The maximum atomic E-state index is 13.2. The van der Waals surface area contributed by atoms with Crippen molar-refractivity contribution >= 4 is 22.6 Å². The number of carbonyl (C=O) groups is 1. The number of carbonyl (C=O) groups excluding carboxylic acids is 1. The number of nitrogens with two attached hydrogens (primary N) is 1. The van der Waals surface area contributed by atoms with Crippen molar-refractivity contribution in [1.29, 1.82) is 0 Å². The van der Waals surface area contributed by atoms with Crippen molar-refractivity contribution in [1.82, 2.24) is 19.8 Å². The van der Waals surface area contributed by atoms with Gasteiger partial charge in [0.15, 0.2) is 0 Å². The van der Waals surface area contributed by atoms with Gasteiger partial charge in [0.2, 0.25) is 0 Å². The van der Waals surface area contributed by atoms with Gasteiger partial charge in [0.25, 0.3) is 5.91 Å². The Labute approximate surface area is 148 Å². The minimum absolute atomic E-state index is 0.108. The number of nitrogen functional groups attached to an aromatic ring is 1. The number of benzene rings is 1. The van der Waals surface area contributed by atoms with E-state index in [9.17, 15) is 4.79 Å². The number of rotatable bonds is 2. The fourth-order valence-electron chi connectivity index (χ4n) is 4.23. The van der Waals surface area contributed by atoms with Gasteiger partial charge in [0.1, 0.15) is 12.1 Å². The van der Waals surface area contributed by atoms with Crippen LogP contribution in [0.3, 0.4) is 0 Å². The lowest BCUT2D eigenvalue weighted by molar-refractivity contribution is 0.00963. The normalized spacial score (nSPS) is 24.3. The fourth-order valence-corrected chi connectivity index (χ4v) is 4.23. The van der Waals surface area contributed by atoms with Gasteiger partial charge in [-0.15, -0.1) is 0 Å². The topological polar surface area (TPSA) is 75.3 Å². The Morgan fingerprint density at radius 3 is 3.00 bits per heavy atom. The molecule has 0 saturated carbocycles. The van der Waals surface area contributed by atoms with Gasteiger partial charge in [-0.05, 0) is 44.0 Å². The number of nitrogens with zero attached hydrogens (tertiary/aromatic N) is 4. The summed E-state index contributed by atoms with van der Waals surface area (Å²) in [5.74, 6) is 0.558. The minimum Gasteiger partial charge on any atom is -0.383 e. The van der Waals surface area contributed by atoms with E-state index in [1.165, 1.54) is 32.1 Å². The molecular formula is C19H25N5O. The maximum absolute atomic E-state index is 13.2. The lowest BCUT2D eigenvalue weighted by Gasteiger charge is -2.48. The first kappa shape index (κ1) is 16.3. The molecule has 0 bridgehead atoms. The second-order valence-electron chi connectivity index (χ2n) is 7.15. The van der Waals surface area contributed by atoms with Crippen LogP contribution in [0.1, 0.15) is 43.0 Å². The summed E-state index contributed by atoms with van der Waals surface area (Å²) in [7, 11) is 0. The van der Waals surface area contributed by atoms with Gasteiger partial charge in [-0.2, -0.15) is 0 Å². The number of amides is 1. The van der Waals surface area contributed by atoms with Gasteiger partial charge >= 0.3 is 0 Å². The zero-order valence-corrected chi connectivity index (χ0v) is 14.7. The summed E-state index contributed by atoms with van der Waals surface area (Å²) in [6.45, 7) is 5.18. The van der Waals surface area contributed by atoms with Crippen molar-refractivity contribution in [2.75, 3.05) is 25.4 Å². The maximum Gasteiger partial charge on any atom is 0.254 e. The molecule has 1 aromatic heterocycles. The summed E-state index contributed by atoms with van der Waals surface area (Å²) < 4.78 is 0. The zero-order valence-electron chi connectivity index (χ0n) is 14.7. The number of anilines is 1. The van der Waals surface area contributed by atoms with Crippen molar-refractivity contribution in [3.05, 3.63) is 30.1 Å². The van der Waals surface area contributed by atoms with E-state index in [1.807, 2.05) is 18.2 Å². The van der Waals surface area contributed by atoms with Crippen LogP contribution in [-0.2, 0) is 0 Å². The Balaban J connectivity index is 1.62. The van der Waals surface area contributed by atoms with Gasteiger partial charge in [-0.25, -0.2) is 9.97 Å². The van der Waals surface area contributed by atoms with Crippen LogP contribution in [-0.4, -0.2) is 57.4 Å². The molecule has 0 aliphatic carbocycles. The summed E-state index contributed by atoms with van der Waals surface area (Å²) in [5, 5.41) is 0.795. The van der Waals surface area contributed by atoms with Crippen LogP contribution in [0.15, 0.2) is 24.5 Å². The first-order chi connectivity index (χ1) is 12.2. The second-order valence-corrected chi connectivity index (χ2v) is 7.15. The molecule has 6 heteroatoms. The van der Waals surface area contributed by atoms with Crippen LogP contribution < -0.4 is 5.73 Å². The largest absolute Gasteiger partial charge is 0.383 e. The van der Waals surface area contributed by atoms with E-state index in [1.54, 1.807) is 0 Å². The molecule has 6 nitrogen and oxygen atoms in total. The predicted molar refractivity (Wildman–Crippen MR) is 98.3 cm³/mol. The van der Waals surface area contributed by atoms with Gasteiger partial charge in [0, 0.05) is 36.1 Å². The molecule has 25 heavy (non-hydrogen) atoms. The molecule has 1 aromatic carbocycles. The fraction of sp³-hybridized carbons (Fsp3) is 0.526. The van der Waals surface area contributed by atoms with Crippen LogP contribution in [0.4, 0.5) is 5.82 Å². The third-order valence-electron chi connectivity index (χ3n) is 5.69. The summed E-state index contributed by atoms with van der Waals surface area (Å²) in [4.78, 5) is 26.1. The number of piperidine rings is 1. The number of piperazine rings is 1. The third kappa shape index (κ3) is 2.95. The van der Waals surface area contributed by atoms with Crippen molar-refractivity contribution in [2.45, 2.75) is 44.7 Å². The highest BCUT2D eigenvalue weighted by Gasteiger charge is 2.36. The first-order valence-electron chi connectivity index (χ1n) is 9.22. The molecule has 4 rings (SSSR count). The number of hydrogen-bond acceptors (Lipinski definition) is 5. The summed E-state index contributed by atoms with van der Waals surface area (Å²) >= 11 is 0. The van der Waals surface area contributed by atoms with E-state index < -0.39 is 0 Å². The van der Waals surface area contributed by atoms with Crippen LogP contribution in [0, 0.1) is 0 Å². The standard InChI is InChI=1S/C19H25N5O/c1-2-14-10-23-8-4-3-5-15(23)11-24(14)19(25)13-6-7-16-17(9-13)21-12-22-18(16)20/h6-7,9,12,14-15H,2-5,8,10-11H2,1H3,(H2,20,21,22). The number of fused-ring (bicyclic) bond motifs is 2. The molecule has 0 radical (unpaired) electrons. The second kappa shape index (κ2) is 6.59. The first-order valence-corrected chi connectivity index (χ1v) is 9.22. The molecule has 2 fully saturated rings. The van der Waals surface area contributed by atoms with Crippen LogP contribution in [0.25, 0.3) is 10.9 Å². The molecule has 2 saturated heterocycles. The smallest absolute Gasteiger partial charge is 0.254 e. The SMILES string of the molecule is CCC1CN2CCCCC2CN1C(=O)c1ccc2c(N)ncnc2c1. The van der Waals surface area contributed by atoms with Gasteiger partial charge in [-0.1, -0.05) is 13.3 Å². The van der Waals surface area contributed by atoms with E-state index in [4.69, 9.17) is 5.73 Å². The van der Waals surface area contributed by atoms with Crippen LogP contribution >= 0.6 is 0 Å². The van der Waals surface area contributed by atoms with Crippen molar-refractivity contribution in [2.24, 2.45) is 0 Å². The zero-order chi connectivity index (χ0) is 17.4. The Morgan fingerprint density at radius 2 is 2.16 bits per heavy atom. The van der Waals surface area contributed by atoms with Crippen LogP contribution in [0.5, 0.6) is 0 Å². The summed E-state index contributed by atoms with van der Waals surface area (Å²) in [6, 6.07) is 6.35. The van der Waals surface area contributed by atoms with Crippen molar-refractivity contribution in [3.8, 4) is 0 Å². The van der Waals surface area contributed by atoms with Gasteiger partial charge in [-0.3, -0.25) is 9.69 Å². The van der Waals surface area contributed by atoms with E-state index in [0.717, 1.165) is 30.4 Å². The Bertz CT molecular complexity index is 792. The highest BCUT2D eigenvalue weighted by Crippen LogP contribution is 2.27. The van der Waals surface area contributed by atoms with Crippen molar-refractivity contribution < 1.29 is 4.79 Å². The lowest BCUT2D eigenvalue weighted by atomic mass is 9.95. The summed E-state index contributed by atoms with van der Waals surface area (Å²) in [6.07, 6.45) is 6.18. The highest BCUT2D eigenvalue weighted by molar-refractivity contribution is 5.99. The quantitative estimate of drug-likeness (QED) is 0.908. The Hall–Kier alpha value is -2.21. The Kier molecular flexibility index (Phi) is 4.29. The molecular weight excluding hydrogens is 314 g/mol. The van der Waals surface area contributed by atoms with E-state index in [2.05, 4.69) is 26.7 Å². The van der Waals surface area contributed by atoms with E-state index in [-0.39, 0.29) is 11.9 Å². The molecule has 2 aliphatic heterocycles.